The predicted molar refractivity (Wildman–Crippen MR) is 65.4 cm³/mol. The van der Waals surface area contributed by atoms with Crippen molar-refractivity contribution in [3.05, 3.63) is 17.3 Å². The maximum Gasteiger partial charge on any atom is 0.221 e. The van der Waals surface area contributed by atoms with E-state index in [4.69, 9.17) is 17.3 Å². The fraction of sp³-hybridized carbons (Fsp3) is 0.400. The molecule has 5 nitrogen and oxygen atoms in total. The molecule has 0 aromatic carbocycles. The molecule has 0 fully saturated rings. The highest BCUT2D eigenvalue weighted by Crippen LogP contribution is 2.20. The molecule has 1 heterocycles. The van der Waals surface area contributed by atoms with Crippen molar-refractivity contribution in [2.24, 2.45) is 0 Å². The molecule has 16 heavy (non-hydrogen) atoms. The Balaban J connectivity index is 2.40. The number of nitrogens with one attached hydrogen (secondary N) is 2. The van der Waals surface area contributed by atoms with Gasteiger partial charge in [-0.25, -0.2) is 4.98 Å². The van der Waals surface area contributed by atoms with Crippen molar-refractivity contribution in [2.75, 3.05) is 24.1 Å². The van der Waals surface area contributed by atoms with Crippen molar-refractivity contribution in [3.8, 4) is 0 Å². The zero-order chi connectivity index (χ0) is 12.0. The number of pyridine rings is 1. The number of anilines is 2. The summed E-state index contributed by atoms with van der Waals surface area (Å²) in [4.78, 5) is 15.2. The van der Waals surface area contributed by atoms with Crippen molar-refractivity contribution in [3.63, 3.8) is 0 Å². The van der Waals surface area contributed by atoms with E-state index in [2.05, 4.69) is 15.6 Å². The van der Waals surface area contributed by atoms with Gasteiger partial charge in [0.2, 0.25) is 5.91 Å². The van der Waals surface area contributed by atoms with E-state index in [1.807, 2.05) is 6.92 Å². The minimum absolute atomic E-state index is 0.00145. The first-order chi connectivity index (χ1) is 7.63. The summed E-state index contributed by atoms with van der Waals surface area (Å²) < 4.78 is 0. The van der Waals surface area contributed by atoms with Crippen molar-refractivity contribution in [1.29, 1.82) is 0 Å². The van der Waals surface area contributed by atoms with Gasteiger partial charge in [-0.3, -0.25) is 4.79 Å². The Kier molecular flexibility index (Phi) is 4.85. The van der Waals surface area contributed by atoms with Crippen LogP contribution in [0.3, 0.4) is 0 Å². The number of amides is 1. The standard InChI is InChI=1S/C10H15ClN4O/c1-2-13-9(16)3-4-14-10-8(11)5-7(12)6-15-10/h5-6H,2-4,12H2,1H3,(H,13,16)(H,14,15). The van der Waals surface area contributed by atoms with Crippen LogP contribution in [0.4, 0.5) is 11.5 Å². The van der Waals surface area contributed by atoms with Crippen LogP contribution in [0.25, 0.3) is 0 Å². The molecular weight excluding hydrogens is 228 g/mol. The van der Waals surface area contributed by atoms with Gasteiger partial charge in [-0.05, 0) is 13.0 Å². The lowest BCUT2D eigenvalue weighted by Crippen LogP contribution is -2.24. The molecule has 0 radical (unpaired) electrons. The number of aromatic nitrogens is 1. The topological polar surface area (TPSA) is 80.0 Å². The number of hydrogen-bond acceptors (Lipinski definition) is 4. The van der Waals surface area contributed by atoms with Gasteiger partial charge in [-0.2, -0.15) is 0 Å². The predicted octanol–water partition coefficient (Wildman–Crippen LogP) is 1.26. The van der Waals surface area contributed by atoms with Crippen molar-refractivity contribution in [1.82, 2.24) is 10.3 Å². The summed E-state index contributed by atoms with van der Waals surface area (Å²) in [5.74, 6) is 0.543. The fourth-order valence-electron chi connectivity index (χ4n) is 1.16. The van der Waals surface area contributed by atoms with E-state index < -0.39 is 0 Å². The quantitative estimate of drug-likeness (QED) is 0.726. The molecule has 0 aliphatic rings. The summed E-state index contributed by atoms with van der Waals surface area (Å²) in [5.41, 5.74) is 6.02. The average Bonchev–Trinajstić information content (AvgIpc) is 2.22. The lowest BCUT2D eigenvalue weighted by molar-refractivity contribution is -0.120. The molecule has 1 amide bonds. The second kappa shape index (κ2) is 6.17. The van der Waals surface area contributed by atoms with Gasteiger partial charge in [0.15, 0.2) is 0 Å². The van der Waals surface area contributed by atoms with Crippen LogP contribution in [0.2, 0.25) is 5.02 Å². The number of carbonyl (C=O) groups is 1. The van der Waals surface area contributed by atoms with Crippen molar-refractivity contribution < 1.29 is 4.79 Å². The number of nitrogens with zero attached hydrogens (tertiary/aromatic N) is 1. The molecule has 6 heteroatoms. The molecule has 1 aromatic rings. The van der Waals surface area contributed by atoms with Gasteiger partial charge in [0, 0.05) is 19.5 Å². The third-order valence-corrected chi connectivity index (χ3v) is 2.17. The SMILES string of the molecule is CCNC(=O)CCNc1ncc(N)cc1Cl. The zero-order valence-corrected chi connectivity index (χ0v) is 9.84. The number of halogens is 1. The van der Waals surface area contributed by atoms with E-state index in [0.29, 0.717) is 36.0 Å². The second-order valence-corrected chi connectivity index (χ2v) is 3.64. The minimum atomic E-state index is 0.00145. The zero-order valence-electron chi connectivity index (χ0n) is 9.09. The van der Waals surface area contributed by atoms with Crippen LogP contribution in [0, 0.1) is 0 Å². The van der Waals surface area contributed by atoms with E-state index in [1.165, 1.54) is 6.20 Å². The maximum absolute atomic E-state index is 11.1. The maximum atomic E-state index is 11.1. The first-order valence-electron chi connectivity index (χ1n) is 5.05. The summed E-state index contributed by atoms with van der Waals surface area (Å²) >= 11 is 5.90. The van der Waals surface area contributed by atoms with E-state index in [0.717, 1.165) is 0 Å². The third kappa shape index (κ3) is 3.94. The van der Waals surface area contributed by atoms with Gasteiger partial charge in [-0.1, -0.05) is 11.6 Å². The van der Waals surface area contributed by atoms with E-state index in [-0.39, 0.29) is 5.91 Å². The Morgan fingerprint density at radius 3 is 3.00 bits per heavy atom. The van der Waals surface area contributed by atoms with Crippen LogP contribution in [-0.4, -0.2) is 24.0 Å². The normalized spacial score (nSPS) is 9.88. The first-order valence-corrected chi connectivity index (χ1v) is 5.43. The molecule has 0 unspecified atom stereocenters. The van der Waals surface area contributed by atoms with Gasteiger partial charge < -0.3 is 16.4 Å². The van der Waals surface area contributed by atoms with Gasteiger partial charge in [0.1, 0.15) is 5.82 Å². The van der Waals surface area contributed by atoms with Crippen molar-refractivity contribution >= 4 is 29.0 Å². The number of hydrogen-bond donors (Lipinski definition) is 3. The fourth-order valence-corrected chi connectivity index (χ4v) is 1.40. The summed E-state index contributed by atoms with van der Waals surface area (Å²) in [6, 6.07) is 1.61. The molecule has 0 spiro atoms. The molecule has 0 saturated heterocycles. The highest BCUT2D eigenvalue weighted by Gasteiger charge is 2.03. The summed E-state index contributed by atoms with van der Waals surface area (Å²) in [6.45, 7) is 3.01. The monoisotopic (exact) mass is 242 g/mol. The molecule has 1 rings (SSSR count). The molecule has 4 N–H and O–H groups in total. The van der Waals surface area contributed by atoms with Crippen LogP contribution in [0.15, 0.2) is 12.3 Å². The second-order valence-electron chi connectivity index (χ2n) is 3.23. The van der Waals surface area contributed by atoms with Gasteiger partial charge in [0.05, 0.1) is 16.9 Å². The van der Waals surface area contributed by atoms with Crippen molar-refractivity contribution in [2.45, 2.75) is 13.3 Å². The van der Waals surface area contributed by atoms with Crippen LogP contribution < -0.4 is 16.4 Å². The number of nitrogen functional groups attached to an aromatic ring is 1. The van der Waals surface area contributed by atoms with Crippen LogP contribution in [-0.2, 0) is 4.79 Å². The first kappa shape index (κ1) is 12.6. The summed E-state index contributed by atoms with van der Waals surface area (Å²) in [5, 5.41) is 6.13. The Hall–Kier alpha value is -1.49. The number of nitrogens with two attached hydrogens (primary N) is 1. The lowest BCUT2D eigenvalue weighted by Gasteiger charge is -2.07. The largest absolute Gasteiger partial charge is 0.397 e. The molecular formula is C10H15ClN4O. The summed E-state index contributed by atoms with van der Waals surface area (Å²) in [7, 11) is 0. The highest BCUT2D eigenvalue weighted by atomic mass is 35.5. The van der Waals surface area contributed by atoms with Crippen LogP contribution in [0.1, 0.15) is 13.3 Å². The van der Waals surface area contributed by atoms with Crippen LogP contribution >= 0.6 is 11.6 Å². The Morgan fingerprint density at radius 2 is 2.38 bits per heavy atom. The number of carbonyl (C=O) groups excluding carboxylic acids is 1. The van der Waals surface area contributed by atoms with Gasteiger partial charge >= 0.3 is 0 Å². The molecule has 0 atom stereocenters. The van der Waals surface area contributed by atoms with Gasteiger partial charge in [-0.15, -0.1) is 0 Å². The highest BCUT2D eigenvalue weighted by molar-refractivity contribution is 6.33. The third-order valence-electron chi connectivity index (χ3n) is 1.88. The van der Waals surface area contributed by atoms with Gasteiger partial charge in [0.25, 0.3) is 0 Å². The molecule has 0 saturated carbocycles. The number of rotatable bonds is 5. The van der Waals surface area contributed by atoms with E-state index in [9.17, 15) is 4.79 Å². The molecule has 0 aliphatic heterocycles. The van der Waals surface area contributed by atoms with E-state index in [1.54, 1.807) is 6.07 Å². The minimum Gasteiger partial charge on any atom is -0.397 e. The molecule has 88 valence electrons. The molecule has 0 bridgehead atoms. The molecule has 1 aromatic heterocycles. The Morgan fingerprint density at radius 1 is 1.62 bits per heavy atom. The Labute approximate surface area is 99.4 Å². The lowest BCUT2D eigenvalue weighted by atomic mass is 10.3. The Bertz CT molecular complexity index is 370. The molecule has 0 aliphatic carbocycles. The van der Waals surface area contributed by atoms with Crippen LogP contribution in [0.5, 0.6) is 0 Å². The van der Waals surface area contributed by atoms with E-state index >= 15 is 0 Å². The average molecular weight is 243 g/mol. The smallest absolute Gasteiger partial charge is 0.221 e. The summed E-state index contributed by atoms with van der Waals surface area (Å²) in [6.07, 6.45) is 1.90.